The van der Waals surface area contributed by atoms with E-state index in [1.807, 2.05) is 31.2 Å². The summed E-state index contributed by atoms with van der Waals surface area (Å²) in [6, 6.07) is 0. The highest BCUT2D eigenvalue weighted by Crippen LogP contribution is 2.48. The van der Waals surface area contributed by atoms with E-state index in [1.165, 1.54) is 0 Å². The Morgan fingerprint density at radius 2 is 1.67 bits per heavy atom. The minimum Gasteiger partial charge on any atom is -0.0918 e. The van der Waals surface area contributed by atoms with Crippen LogP contribution in [-0.4, -0.2) is 3.79 Å². The van der Waals surface area contributed by atoms with Crippen molar-refractivity contribution in [2.75, 3.05) is 0 Å². The molecule has 0 spiro atoms. The fourth-order valence-corrected chi connectivity index (χ4v) is 1.24. The lowest BCUT2D eigenvalue weighted by Crippen LogP contribution is -2.29. The van der Waals surface area contributed by atoms with Gasteiger partial charge in [-0.05, 0) is 12.5 Å². The normalized spacial score (nSPS) is 21.5. The third-order valence-corrected chi connectivity index (χ3v) is 3.12. The van der Waals surface area contributed by atoms with Crippen molar-refractivity contribution in [2.24, 2.45) is 5.41 Å². The zero-order valence-electron chi connectivity index (χ0n) is 6.65. The monoisotopic (exact) mass is 222 g/mol. The molecule has 0 aromatic rings. The molecule has 66 valence electrons. The Hall–Kier alpha value is 0.0900. The van der Waals surface area contributed by atoms with Gasteiger partial charge < -0.3 is 0 Å². The molecule has 0 atom stereocenters. The van der Waals surface area contributed by atoms with Gasteiger partial charge in [0.15, 0.2) is 0 Å². The SMILES string of the molecule is C=C1C=CC(C)(C(Cl)(Cl)Cl)C=C1. The van der Waals surface area contributed by atoms with Crippen molar-refractivity contribution in [3.63, 3.8) is 0 Å². The first-order chi connectivity index (χ1) is 5.35. The second-order valence-electron chi connectivity index (χ2n) is 3.02. The highest BCUT2D eigenvalue weighted by molar-refractivity contribution is 6.68. The summed E-state index contributed by atoms with van der Waals surface area (Å²) in [5.41, 5.74) is 0.389. The Kier molecular flexibility index (Phi) is 2.63. The van der Waals surface area contributed by atoms with Gasteiger partial charge in [0.05, 0.1) is 5.41 Å². The number of hydrogen-bond donors (Lipinski definition) is 0. The maximum absolute atomic E-state index is 5.80. The molecule has 0 aromatic carbocycles. The lowest BCUT2D eigenvalue weighted by atomic mass is 9.87. The van der Waals surface area contributed by atoms with E-state index >= 15 is 0 Å². The van der Waals surface area contributed by atoms with Crippen molar-refractivity contribution in [2.45, 2.75) is 10.7 Å². The van der Waals surface area contributed by atoms with E-state index in [1.54, 1.807) is 0 Å². The zero-order valence-corrected chi connectivity index (χ0v) is 8.92. The summed E-state index contributed by atoms with van der Waals surface area (Å²) in [6.07, 6.45) is 7.40. The first kappa shape index (κ1) is 10.2. The molecule has 0 saturated carbocycles. The number of alkyl halides is 3. The molecule has 0 nitrogen and oxygen atoms in total. The Morgan fingerprint density at radius 1 is 1.25 bits per heavy atom. The third kappa shape index (κ3) is 1.87. The molecule has 0 saturated heterocycles. The highest BCUT2D eigenvalue weighted by atomic mass is 35.6. The van der Waals surface area contributed by atoms with Crippen molar-refractivity contribution in [3.8, 4) is 0 Å². The van der Waals surface area contributed by atoms with Crippen LogP contribution >= 0.6 is 34.8 Å². The standard InChI is InChI=1S/C9H9Cl3/c1-7-3-5-8(2,6-4-7)9(10,11)12/h3-6H,1H2,2H3. The molecule has 0 amide bonds. The molecule has 1 rings (SSSR count). The van der Waals surface area contributed by atoms with Crippen molar-refractivity contribution in [3.05, 3.63) is 36.5 Å². The molecule has 0 N–H and O–H groups in total. The number of allylic oxidation sites excluding steroid dienone is 5. The van der Waals surface area contributed by atoms with Gasteiger partial charge in [-0.25, -0.2) is 0 Å². The Balaban J connectivity index is 2.97. The van der Waals surface area contributed by atoms with Gasteiger partial charge in [0, 0.05) is 0 Å². The molecular weight excluding hydrogens is 214 g/mol. The number of rotatable bonds is 0. The van der Waals surface area contributed by atoms with Crippen LogP contribution in [0.1, 0.15) is 6.92 Å². The molecule has 3 heteroatoms. The molecule has 0 heterocycles. The van der Waals surface area contributed by atoms with E-state index in [-0.39, 0.29) is 0 Å². The van der Waals surface area contributed by atoms with Gasteiger partial charge in [-0.15, -0.1) is 0 Å². The van der Waals surface area contributed by atoms with Crippen LogP contribution in [0.15, 0.2) is 36.5 Å². The van der Waals surface area contributed by atoms with E-state index < -0.39 is 9.21 Å². The average Bonchev–Trinajstić information content (AvgIpc) is 1.93. The van der Waals surface area contributed by atoms with E-state index in [0.29, 0.717) is 0 Å². The molecule has 0 unspecified atom stereocenters. The molecule has 1 aliphatic rings. The molecule has 0 bridgehead atoms. The van der Waals surface area contributed by atoms with Crippen molar-refractivity contribution in [1.29, 1.82) is 0 Å². The fourth-order valence-electron chi connectivity index (χ4n) is 0.860. The van der Waals surface area contributed by atoms with Crippen molar-refractivity contribution in [1.82, 2.24) is 0 Å². The molecule has 0 aromatic heterocycles. The van der Waals surface area contributed by atoms with Crippen LogP contribution < -0.4 is 0 Å². The zero-order chi connectivity index (χ0) is 9.41. The summed E-state index contributed by atoms with van der Waals surface area (Å²) < 4.78 is -1.30. The molecule has 1 aliphatic carbocycles. The first-order valence-corrected chi connectivity index (χ1v) is 4.63. The van der Waals surface area contributed by atoms with E-state index in [2.05, 4.69) is 6.58 Å². The van der Waals surface area contributed by atoms with Crippen LogP contribution in [-0.2, 0) is 0 Å². The van der Waals surface area contributed by atoms with Gasteiger partial charge in [0.1, 0.15) is 0 Å². The van der Waals surface area contributed by atoms with Crippen LogP contribution in [0.2, 0.25) is 0 Å². The maximum atomic E-state index is 5.80. The predicted molar refractivity (Wildman–Crippen MR) is 55.8 cm³/mol. The summed E-state index contributed by atoms with van der Waals surface area (Å²) in [5, 5.41) is 0. The predicted octanol–water partition coefficient (Wildman–Crippen LogP) is 4.05. The van der Waals surface area contributed by atoms with Crippen LogP contribution in [0.4, 0.5) is 0 Å². The first-order valence-electron chi connectivity index (χ1n) is 3.49. The summed E-state index contributed by atoms with van der Waals surface area (Å²) >= 11 is 17.4. The van der Waals surface area contributed by atoms with Crippen LogP contribution in [0.5, 0.6) is 0 Å². The largest absolute Gasteiger partial charge is 0.202 e. The Bertz CT molecular complexity index is 239. The van der Waals surface area contributed by atoms with E-state index in [0.717, 1.165) is 5.57 Å². The van der Waals surface area contributed by atoms with Crippen molar-refractivity contribution < 1.29 is 0 Å². The van der Waals surface area contributed by atoms with E-state index in [4.69, 9.17) is 34.8 Å². The molecule has 12 heavy (non-hydrogen) atoms. The number of halogens is 3. The number of hydrogen-bond acceptors (Lipinski definition) is 0. The lowest BCUT2D eigenvalue weighted by Gasteiger charge is -2.32. The second kappa shape index (κ2) is 3.10. The second-order valence-corrected chi connectivity index (χ2v) is 5.30. The molecule has 0 aliphatic heterocycles. The topological polar surface area (TPSA) is 0 Å². The van der Waals surface area contributed by atoms with Crippen LogP contribution in [0.25, 0.3) is 0 Å². The van der Waals surface area contributed by atoms with Gasteiger partial charge in [-0.3, -0.25) is 0 Å². The molecule has 0 fully saturated rings. The molecule has 0 radical (unpaired) electrons. The summed E-state index contributed by atoms with van der Waals surface area (Å²) in [7, 11) is 0. The minimum absolute atomic E-state index is 0.529. The minimum atomic E-state index is -1.30. The van der Waals surface area contributed by atoms with Crippen LogP contribution in [0, 0.1) is 5.41 Å². The van der Waals surface area contributed by atoms with Gasteiger partial charge in [0.2, 0.25) is 3.79 Å². The van der Waals surface area contributed by atoms with Gasteiger partial charge in [-0.1, -0.05) is 65.7 Å². The van der Waals surface area contributed by atoms with Gasteiger partial charge in [-0.2, -0.15) is 0 Å². The average molecular weight is 224 g/mol. The Morgan fingerprint density at radius 3 is 2.00 bits per heavy atom. The van der Waals surface area contributed by atoms with Gasteiger partial charge >= 0.3 is 0 Å². The van der Waals surface area contributed by atoms with Crippen molar-refractivity contribution >= 4 is 34.8 Å². The van der Waals surface area contributed by atoms with E-state index in [9.17, 15) is 0 Å². The quantitative estimate of drug-likeness (QED) is 0.544. The smallest absolute Gasteiger partial charge is 0.0918 e. The highest BCUT2D eigenvalue weighted by Gasteiger charge is 2.41. The van der Waals surface area contributed by atoms with Gasteiger partial charge in [0.25, 0.3) is 0 Å². The Labute approximate surface area is 87.5 Å². The van der Waals surface area contributed by atoms with Crippen LogP contribution in [0.3, 0.4) is 0 Å². The summed E-state index contributed by atoms with van der Waals surface area (Å²) in [5.74, 6) is 0. The summed E-state index contributed by atoms with van der Waals surface area (Å²) in [6.45, 7) is 5.62. The maximum Gasteiger partial charge on any atom is 0.202 e. The fraction of sp³-hybridized carbons (Fsp3) is 0.333. The summed E-state index contributed by atoms with van der Waals surface area (Å²) in [4.78, 5) is 0. The third-order valence-electron chi connectivity index (χ3n) is 1.90. The lowest BCUT2D eigenvalue weighted by molar-refractivity contribution is 0.562. The molecular formula is C9H9Cl3.